The van der Waals surface area contributed by atoms with Crippen LogP contribution < -0.4 is 4.74 Å². The maximum Gasteiger partial charge on any atom is 0.311 e. The molecule has 6 heteroatoms. The lowest BCUT2D eigenvalue weighted by Gasteiger charge is -2.06. The second kappa shape index (κ2) is 9.30. The molecule has 0 bridgehead atoms. The van der Waals surface area contributed by atoms with Crippen molar-refractivity contribution in [1.29, 1.82) is 0 Å². The lowest BCUT2D eigenvalue weighted by molar-refractivity contribution is -0.145. The number of carbonyl (C=O) groups is 2. The Morgan fingerprint density at radius 1 is 0.875 bits per heavy atom. The van der Waals surface area contributed by atoms with Crippen LogP contribution in [-0.4, -0.2) is 11.9 Å². The highest BCUT2D eigenvalue weighted by molar-refractivity contribution is 6.30. The predicted octanol–water partition coefficient (Wildman–Crippen LogP) is 4.81. The van der Waals surface area contributed by atoms with Gasteiger partial charge in [-0.05, 0) is 42.3 Å². The molecule has 0 saturated carbocycles. The van der Waals surface area contributed by atoms with Gasteiger partial charge in [0.25, 0.3) is 0 Å². The Morgan fingerprint density at radius 3 is 2.29 bits per heavy atom. The fraction of sp³-hybridized carbons (Fsp3) is 0.222. The maximum atomic E-state index is 11.7. The fourth-order valence-electron chi connectivity index (χ4n) is 1.91. The van der Waals surface area contributed by atoms with Gasteiger partial charge < -0.3 is 9.47 Å². The van der Waals surface area contributed by atoms with E-state index in [1.807, 2.05) is 0 Å². The van der Waals surface area contributed by atoms with Crippen LogP contribution in [0.25, 0.3) is 0 Å². The minimum Gasteiger partial charge on any atom is -0.461 e. The minimum atomic E-state index is -0.414. The number of carbonyl (C=O) groups excluding carboxylic acids is 2. The summed E-state index contributed by atoms with van der Waals surface area (Å²) >= 11 is 11.6. The molecule has 0 unspecified atom stereocenters. The summed E-state index contributed by atoms with van der Waals surface area (Å²) in [5, 5.41) is 1.12. The van der Waals surface area contributed by atoms with Gasteiger partial charge in [-0.15, -0.1) is 0 Å². The van der Waals surface area contributed by atoms with Crippen LogP contribution in [0.15, 0.2) is 48.5 Å². The van der Waals surface area contributed by atoms with Crippen molar-refractivity contribution < 1.29 is 19.1 Å². The summed E-state index contributed by atoms with van der Waals surface area (Å²) in [5.41, 5.74) is 0.855. The molecule has 0 radical (unpaired) electrons. The van der Waals surface area contributed by atoms with Crippen molar-refractivity contribution in [3.8, 4) is 5.75 Å². The SMILES string of the molecule is O=C(CCCC(=O)Oc1cccc(Cl)c1)OCc1ccc(Cl)cc1. The monoisotopic (exact) mass is 366 g/mol. The molecule has 0 heterocycles. The van der Waals surface area contributed by atoms with E-state index in [0.29, 0.717) is 22.2 Å². The topological polar surface area (TPSA) is 52.6 Å². The molecule has 126 valence electrons. The van der Waals surface area contributed by atoms with Crippen LogP contribution in [0.3, 0.4) is 0 Å². The number of benzene rings is 2. The number of hydrogen-bond donors (Lipinski definition) is 0. The van der Waals surface area contributed by atoms with Crippen molar-refractivity contribution in [1.82, 2.24) is 0 Å². The lowest BCUT2D eigenvalue weighted by Crippen LogP contribution is -2.10. The third-order valence-corrected chi connectivity index (χ3v) is 3.59. The summed E-state index contributed by atoms with van der Waals surface area (Å²) in [5.74, 6) is -0.388. The number of ether oxygens (including phenoxy) is 2. The highest BCUT2D eigenvalue weighted by atomic mass is 35.5. The Morgan fingerprint density at radius 2 is 1.58 bits per heavy atom. The molecule has 2 rings (SSSR count). The first-order valence-electron chi connectivity index (χ1n) is 7.39. The Bertz CT molecular complexity index is 698. The number of esters is 2. The normalized spacial score (nSPS) is 10.2. The van der Waals surface area contributed by atoms with Gasteiger partial charge in [0.2, 0.25) is 0 Å². The van der Waals surface area contributed by atoms with Crippen molar-refractivity contribution in [3.63, 3.8) is 0 Å². The summed E-state index contributed by atoms with van der Waals surface area (Å²) in [6.45, 7) is 0.183. The van der Waals surface area contributed by atoms with Gasteiger partial charge in [0.15, 0.2) is 0 Å². The zero-order valence-corrected chi connectivity index (χ0v) is 14.3. The van der Waals surface area contributed by atoms with E-state index in [-0.39, 0.29) is 25.4 Å². The Kier molecular flexibility index (Phi) is 7.09. The van der Waals surface area contributed by atoms with Crippen LogP contribution in [0.1, 0.15) is 24.8 Å². The van der Waals surface area contributed by atoms with Crippen molar-refractivity contribution in [2.75, 3.05) is 0 Å². The third-order valence-electron chi connectivity index (χ3n) is 3.10. The van der Waals surface area contributed by atoms with Crippen LogP contribution in [-0.2, 0) is 20.9 Å². The van der Waals surface area contributed by atoms with E-state index in [1.54, 1.807) is 48.5 Å². The van der Waals surface area contributed by atoms with Gasteiger partial charge in [-0.3, -0.25) is 9.59 Å². The molecule has 0 aliphatic heterocycles. The van der Waals surface area contributed by atoms with Gasteiger partial charge in [-0.25, -0.2) is 0 Å². The largest absolute Gasteiger partial charge is 0.461 e. The summed E-state index contributed by atoms with van der Waals surface area (Å²) < 4.78 is 10.3. The summed E-state index contributed by atoms with van der Waals surface area (Å²) in [6.07, 6.45) is 0.639. The molecule has 4 nitrogen and oxygen atoms in total. The van der Waals surface area contributed by atoms with Gasteiger partial charge in [0, 0.05) is 22.9 Å². The van der Waals surface area contributed by atoms with Gasteiger partial charge in [0.05, 0.1) is 0 Å². The standard InChI is InChI=1S/C18H16Cl2O4/c19-14-9-7-13(8-10-14)12-23-17(21)5-2-6-18(22)24-16-4-1-3-15(20)11-16/h1,3-4,7-11H,2,5-6,12H2. The van der Waals surface area contributed by atoms with E-state index in [0.717, 1.165) is 5.56 Å². The third kappa shape index (κ3) is 6.60. The first-order chi connectivity index (χ1) is 11.5. The highest BCUT2D eigenvalue weighted by Crippen LogP contribution is 2.18. The second-order valence-electron chi connectivity index (χ2n) is 5.07. The minimum absolute atomic E-state index is 0.128. The first kappa shape index (κ1) is 18.3. The van der Waals surface area contributed by atoms with Crippen LogP contribution in [0.4, 0.5) is 0 Å². The molecule has 0 N–H and O–H groups in total. The lowest BCUT2D eigenvalue weighted by atomic mass is 10.2. The molecular weight excluding hydrogens is 351 g/mol. The molecule has 24 heavy (non-hydrogen) atoms. The molecule has 0 aromatic heterocycles. The highest BCUT2D eigenvalue weighted by Gasteiger charge is 2.09. The fourth-order valence-corrected chi connectivity index (χ4v) is 2.21. The zero-order chi connectivity index (χ0) is 17.4. The molecule has 2 aromatic rings. The van der Waals surface area contributed by atoms with Crippen molar-refractivity contribution in [2.24, 2.45) is 0 Å². The smallest absolute Gasteiger partial charge is 0.311 e. The first-order valence-corrected chi connectivity index (χ1v) is 8.15. The van der Waals surface area contributed by atoms with E-state index in [4.69, 9.17) is 32.7 Å². The van der Waals surface area contributed by atoms with Gasteiger partial charge in [-0.1, -0.05) is 41.4 Å². The molecule has 0 spiro atoms. The Balaban J connectivity index is 1.65. The van der Waals surface area contributed by atoms with E-state index < -0.39 is 5.97 Å². The van der Waals surface area contributed by atoms with E-state index in [1.165, 1.54) is 0 Å². The summed E-state index contributed by atoms with van der Waals surface area (Å²) in [4.78, 5) is 23.3. The molecule has 0 saturated heterocycles. The van der Waals surface area contributed by atoms with E-state index >= 15 is 0 Å². The number of hydrogen-bond acceptors (Lipinski definition) is 4. The van der Waals surface area contributed by atoms with Gasteiger partial charge in [0.1, 0.15) is 12.4 Å². The number of halogens is 2. The maximum absolute atomic E-state index is 11.7. The van der Waals surface area contributed by atoms with E-state index in [2.05, 4.69) is 0 Å². The summed E-state index contributed by atoms with van der Waals surface area (Å²) in [6, 6.07) is 13.6. The molecular formula is C18H16Cl2O4. The van der Waals surface area contributed by atoms with Crippen LogP contribution in [0.2, 0.25) is 10.0 Å². The van der Waals surface area contributed by atoms with Gasteiger partial charge >= 0.3 is 11.9 Å². The van der Waals surface area contributed by atoms with Crippen LogP contribution in [0, 0.1) is 0 Å². The molecule has 2 aromatic carbocycles. The molecule has 0 amide bonds. The predicted molar refractivity (Wildman–Crippen MR) is 92.2 cm³/mol. The van der Waals surface area contributed by atoms with Crippen LogP contribution in [0.5, 0.6) is 5.75 Å². The van der Waals surface area contributed by atoms with Crippen molar-refractivity contribution in [2.45, 2.75) is 25.9 Å². The molecule has 0 aliphatic carbocycles. The van der Waals surface area contributed by atoms with Gasteiger partial charge in [-0.2, -0.15) is 0 Å². The molecule has 0 atom stereocenters. The van der Waals surface area contributed by atoms with Crippen LogP contribution >= 0.6 is 23.2 Å². The average Bonchev–Trinajstić information content (AvgIpc) is 2.54. The van der Waals surface area contributed by atoms with Crippen molar-refractivity contribution >= 4 is 35.1 Å². The summed E-state index contributed by atoms with van der Waals surface area (Å²) in [7, 11) is 0. The molecule has 0 fully saturated rings. The second-order valence-corrected chi connectivity index (χ2v) is 5.95. The quantitative estimate of drug-likeness (QED) is 0.520. The van der Waals surface area contributed by atoms with E-state index in [9.17, 15) is 9.59 Å². The average molecular weight is 367 g/mol. The van der Waals surface area contributed by atoms with Crippen molar-refractivity contribution in [3.05, 3.63) is 64.1 Å². The number of rotatable bonds is 7. The Hall–Kier alpha value is -2.04. The zero-order valence-electron chi connectivity index (χ0n) is 12.8. The Labute approximate surface area is 150 Å². The molecule has 0 aliphatic rings.